The summed E-state index contributed by atoms with van der Waals surface area (Å²) in [6.45, 7) is 5.32. The van der Waals surface area contributed by atoms with E-state index in [1.165, 1.54) is 6.20 Å². The zero-order valence-electron chi connectivity index (χ0n) is 12.0. The van der Waals surface area contributed by atoms with Crippen LogP contribution in [0.1, 0.15) is 19.8 Å². The summed E-state index contributed by atoms with van der Waals surface area (Å²) < 4.78 is 0. The highest BCUT2D eigenvalue weighted by Crippen LogP contribution is 2.22. The molecule has 21 heavy (non-hydrogen) atoms. The Kier molecular flexibility index (Phi) is 6.23. The molecule has 0 bridgehead atoms. The summed E-state index contributed by atoms with van der Waals surface area (Å²) >= 11 is 11.8. The maximum atomic E-state index is 12.2. The molecule has 1 aliphatic rings. The molecule has 7 heteroatoms. The predicted octanol–water partition coefficient (Wildman–Crippen LogP) is 2.40. The van der Waals surface area contributed by atoms with Crippen LogP contribution in [0.2, 0.25) is 10.0 Å². The first kappa shape index (κ1) is 16.5. The fourth-order valence-electron chi connectivity index (χ4n) is 2.49. The Morgan fingerprint density at radius 2 is 2.38 bits per heavy atom. The quantitative estimate of drug-likeness (QED) is 0.840. The van der Waals surface area contributed by atoms with E-state index in [0.29, 0.717) is 28.4 Å². The van der Waals surface area contributed by atoms with Crippen molar-refractivity contribution in [3.63, 3.8) is 0 Å². The van der Waals surface area contributed by atoms with Crippen LogP contribution in [0, 0.1) is 0 Å². The first-order chi connectivity index (χ1) is 10.1. The molecule has 1 saturated heterocycles. The molecule has 1 aliphatic heterocycles. The van der Waals surface area contributed by atoms with Crippen molar-refractivity contribution in [2.75, 3.05) is 31.5 Å². The van der Waals surface area contributed by atoms with Gasteiger partial charge in [-0.25, -0.2) is 4.98 Å². The van der Waals surface area contributed by atoms with Crippen molar-refractivity contribution in [3.05, 3.63) is 22.3 Å². The smallest absolute Gasteiger partial charge is 0.239 e. The highest BCUT2D eigenvalue weighted by atomic mass is 35.5. The summed E-state index contributed by atoms with van der Waals surface area (Å²) in [6.07, 6.45) is 3.56. The number of carbonyl (C=O) groups excluding carboxylic acids is 1. The van der Waals surface area contributed by atoms with E-state index in [4.69, 9.17) is 23.2 Å². The van der Waals surface area contributed by atoms with Crippen LogP contribution in [-0.4, -0.2) is 48.0 Å². The minimum Gasteiger partial charge on any atom is -0.315 e. The van der Waals surface area contributed by atoms with Crippen LogP contribution in [0.3, 0.4) is 0 Å². The Balaban J connectivity index is 1.95. The molecular formula is C14H20Cl2N4O. The SMILES string of the molecule is CCCN(CC(=O)Nc1ncc(Cl)cc1Cl)C1CCNC1. The molecule has 5 nitrogen and oxygen atoms in total. The fourth-order valence-corrected chi connectivity index (χ4v) is 2.92. The molecule has 1 aromatic heterocycles. The number of nitrogens with zero attached hydrogens (tertiary/aromatic N) is 2. The van der Waals surface area contributed by atoms with Crippen LogP contribution in [-0.2, 0) is 4.79 Å². The van der Waals surface area contributed by atoms with Gasteiger partial charge in [0.2, 0.25) is 5.91 Å². The Hall–Kier alpha value is -0.880. The molecule has 2 rings (SSSR count). The lowest BCUT2D eigenvalue weighted by Gasteiger charge is -2.27. The number of halogens is 2. The molecular weight excluding hydrogens is 311 g/mol. The third-order valence-corrected chi connectivity index (χ3v) is 3.97. The summed E-state index contributed by atoms with van der Waals surface area (Å²) in [6, 6.07) is 1.99. The Morgan fingerprint density at radius 3 is 3.00 bits per heavy atom. The van der Waals surface area contributed by atoms with E-state index < -0.39 is 0 Å². The van der Waals surface area contributed by atoms with Gasteiger partial charge in [0.25, 0.3) is 0 Å². The summed E-state index contributed by atoms with van der Waals surface area (Å²) in [7, 11) is 0. The lowest BCUT2D eigenvalue weighted by Crippen LogP contribution is -2.42. The van der Waals surface area contributed by atoms with Crippen molar-refractivity contribution in [3.8, 4) is 0 Å². The number of anilines is 1. The van der Waals surface area contributed by atoms with Crippen molar-refractivity contribution in [1.29, 1.82) is 0 Å². The standard InChI is InChI=1S/C14H20Cl2N4O/c1-2-5-20(11-3-4-17-8-11)9-13(21)19-14-12(16)6-10(15)7-18-14/h6-7,11,17H,2-5,8-9H2,1H3,(H,18,19,21). The average molecular weight is 331 g/mol. The van der Waals surface area contributed by atoms with Crippen LogP contribution in [0.15, 0.2) is 12.3 Å². The van der Waals surface area contributed by atoms with E-state index in [2.05, 4.69) is 27.4 Å². The maximum Gasteiger partial charge on any atom is 0.239 e. The first-order valence-corrected chi connectivity index (χ1v) is 7.91. The van der Waals surface area contributed by atoms with Gasteiger partial charge >= 0.3 is 0 Å². The second-order valence-electron chi connectivity index (χ2n) is 5.15. The number of carbonyl (C=O) groups is 1. The third kappa shape index (κ3) is 4.81. The van der Waals surface area contributed by atoms with E-state index in [1.54, 1.807) is 6.07 Å². The lowest BCUT2D eigenvalue weighted by atomic mass is 10.2. The van der Waals surface area contributed by atoms with Crippen molar-refractivity contribution in [2.24, 2.45) is 0 Å². The third-order valence-electron chi connectivity index (χ3n) is 3.47. The van der Waals surface area contributed by atoms with Crippen LogP contribution in [0.25, 0.3) is 0 Å². The molecule has 0 aromatic carbocycles. The Morgan fingerprint density at radius 1 is 1.57 bits per heavy atom. The van der Waals surface area contributed by atoms with Gasteiger partial charge in [-0.2, -0.15) is 0 Å². The topological polar surface area (TPSA) is 57.3 Å². The zero-order valence-corrected chi connectivity index (χ0v) is 13.5. The van der Waals surface area contributed by atoms with Crippen molar-refractivity contribution >= 4 is 34.9 Å². The molecule has 0 radical (unpaired) electrons. The van der Waals surface area contributed by atoms with Gasteiger partial charge in [-0.15, -0.1) is 0 Å². The molecule has 0 spiro atoms. The number of pyridine rings is 1. The van der Waals surface area contributed by atoms with Gasteiger partial charge in [0.15, 0.2) is 5.82 Å². The number of hydrogen-bond acceptors (Lipinski definition) is 4. The number of rotatable bonds is 6. The maximum absolute atomic E-state index is 12.2. The van der Waals surface area contributed by atoms with E-state index >= 15 is 0 Å². The second kappa shape index (κ2) is 7.94. The van der Waals surface area contributed by atoms with Gasteiger partial charge in [0, 0.05) is 18.8 Å². The minimum atomic E-state index is -0.105. The fraction of sp³-hybridized carbons (Fsp3) is 0.571. The first-order valence-electron chi connectivity index (χ1n) is 7.15. The molecule has 1 atom stereocenters. The second-order valence-corrected chi connectivity index (χ2v) is 5.99. The molecule has 0 saturated carbocycles. The largest absolute Gasteiger partial charge is 0.315 e. The normalized spacial score (nSPS) is 18.2. The number of amides is 1. The number of nitrogens with one attached hydrogen (secondary N) is 2. The lowest BCUT2D eigenvalue weighted by molar-refractivity contribution is -0.117. The summed E-state index contributed by atoms with van der Waals surface area (Å²) in [5.74, 6) is 0.249. The highest BCUT2D eigenvalue weighted by molar-refractivity contribution is 6.36. The van der Waals surface area contributed by atoms with Gasteiger partial charge in [0.05, 0.1) is 16.6 Å². The summed E-state index contributed by atoms with van der Waals surface area (Å²) in [4.78, 5) is 18.4. The molecule has 2 N–H and O–H groups in total. The van der Waals surface area contributed by atoms with E-state index in [-0.39, 0.29) is 5.91 Å². The van der Waals surface area contributed by atoms with Crippen LogP contribution in [0.5, 0.6) is 0 Å². The number of aromatic nitrogens is 1. The van der Waals surface area contributed by atoms with Gasteiger partial charge in [-0.1, -0.05) is 30.1 Å². The summed E-state index contributed by atoms with van der Waals surface area (Å²) in [5.41, 5.74) is 0. The molecule has 1 aromatic rings. The van der Waals surface area contributed by atoms with E-state index in [1.807, 2.05) is 0 Å². The van der Waals surface area contributed by atoms with Crippen LogP contribution < -0.4 is 10.6 Å². The molecule has 2 heterocycles. The Bertz CT molecular complexity index is 492. The Labute approximate surface area is 135 Å². The van der Waals surface area contributed by atoms with E-state index in [0.717, 1.165) is 32.5 Å². The van der Waals surface area contributed by atoms with Crippen LogP contribution in [0.4, 0.5) is 5.82 Å². The molecule has 1 amide bonds. The van der Waals surface area contributed by atoms with Gasteiger partial charge in [0.1, 0.15) is 0 Å². The molecule has 0 aliphatic carbocycles. The monoisotopic (exact) mass is 330 g/mol. The average Bonchev–Trinajstić information content (AvgIpc) is 2.95. The summed E-state index contributed by atoms with van der Waals surface area (Å²) in [5, 5.41) is 6.87. The van der Waals surface area contributed by atoms with Gasteiger partial charge in [-0.3, -0.25) is 9.69 Å². The van der Waals surface area contributed by atoms with Crippen LogP contribution >= 0.6 is 23.2 Å². The molecule has 1 fully saturated rings. The molecule has 116 valence electrons. The van der Waals surface area contributed by atoms with Crippen molar-refractivity contribution < 1.29 is 4.79 Å². The minimum absolute atomic E-state index is 0.105. The zero-order chi connectivity index (χ0) is 15.2. The van der Waals surface area contributed by atoms with Crippen molar-refractivity contribution in [2.45, 2.75) is 25.8 Å². The van der Waals surface area contributed by atoms with Crippen molar-refractivity contribution in [1.82, 2.24) is 15.2 Å². The van der Waals surface area contributed by atoms with Gasteiger partial charge < -0.3 is 10.6 Å². The highest BCUT2D eigenvalue weighted by Gasteiger charge is 2.23. The van der Waals surface area contributed by atoms with Gasteiger partial charge in [-0.05, 0) is 32.0 Å². The number of hydrogen-bond donors (Lipinski definition) is 2. The predicted molar refractivity (Wildman–Crippen MR) is 86.0 cm³/mol. The van der Waals surface area contributed by atoms with E-state index in [9.17, 15) is 4.79 Å². The molecule has 1 unspecified atom stereocenters.